The number of hydrogen-bond donors (Lipinski definition) is 2. The third kappa shape index (κ3) is 6.56. The second-order valence-electron chi connectivity index (χ2n) is 5.04. The molecule has 0 aromatic carbocycles. The van der Waals surface area contributed by atoms with E-state index >= 15 is 0 Å². The van der Waals surface area contributed by atoms with Crippen molar-refractivity contribution in [1.82, 2.24) is 5.32 Å². The molecule has 0 aliphatic rings. The number of ketones is 1. The zero-order chi connectivity index (χ0) is 12.7. The molecule has 4 heteroatoms. The molecular weight excluding hydrogens is 204 g/mol. The van der Waals surface area contributed by atoms with Crippen molar-refractivity contribution in [3.05, 3.63) is 0 Å². The van der Waals surface area contributed by atoms with Crippen molar-refractivity contribution >= 4 is 11.7 Å². The first-order chi connectivity index (χ1) is 7.34. The molecule has 0 aliphatic heterocycles. The van der Waals surface area contributed by atoms with Crippen molar-refractivity contribution in [1.29, 1.82) is 0 Å². The minimum absolute atomic E-state index is 0.322. The molecule has 0 heterocycles. The molecule has 1 amide bonds. The number of nitrogens with one attached hydrogen (secondary N) is 1. The smallest absolute Gasteiger partial charge is 0.289 e. The molecule has 16 heavy (non-hydrogen) atoms. The van der Waals surface area contributed by atoms with Gasteiger partial charge in [-0.2, -0.15) is 0 Å². The van der Waals surface area contributed by atoms with Crippen molar-refractivity contribution in [2.75, 3.05) is 6.54 Å². The predicted molar refractivity (Wildman–Crippen MR) is 64.9 cm³/mol. The van der Waals surface area contributed by atoms with E-state index in [1.165, 1.54) is 0 Å². The maximum Gasteiger partial charge on any atom is 0.289 e. The van der Waals surface area contributed by atoms with Crippen LogP contribution in [0.15, 0.2) is 0 Å². The van der Waals surface area contributed by atoms with Crippen LogP contribution in [0.2, 0.25) is 0 Å². The average Bonchev–Trinajstić information content (AvgIpc) is 2.14. The fourth-order valence-corrected chi connectivity index (χ4v) is 1.34. The summed E-state index contributed by atoms with van der Waals surface area (Å²) in [7, 11) is 0. The van der Waals surface area contributed by atoms with Crippen LogP contribution in [0.25, 0.3) is 0 Å². The normalized spacial score (nSPS) is 12.9. The molecule has 0 aromatic heterocycles. The summed E-state index contributed by atoms with van der Waals surface area (Å²) < 4.78 is 0. The molecule has 94 valence electrons. The van der Waals surface area contributed by atoms with E-state index in [4.69, 9.17) is 5.73 Å². The number of nitrogens with two attached hydrogens (primary N) is 1. The Morgan fingerprint density at radius 1 is 1.12 bits per heavy atom. The van der Waals surface area contributed by atoms with E-state index in [1.54, 1.807) is 0 Å². The Balaban J connectivity index is 3.94. The fourth-order valence-electron chi connectivity index (χ4n) is 1.34. The molecule has 3 N–H and O–H groups in total. The summed E-state index contributed by atoms with van der Waals surface area (Å²) in [5.41, 5.74) is 5.64. The highest BCUT2D eigenvalue weighted by Gasteiger charge is 2.21. The van der Waals surface area contributed by atoms with E-state index in [0.29, 0.717) is 24.8 Å². The van der Waals surface area contributed by atoms with Crippen LogP contribution in [0.1, 0.15) is 40.5 Å². The Kier molecular flexibility index (Phi) is 6.97. The lowest BCUT2D eigenvalue weighted by Gasteiger charge is -2.13. The van der Waals surface area contributed by atoms with Gasteiger partial charge in [-0.05, 0) is 24.7 Å². The molecule has 0 bridgehead atoms. The van der Waals surface area contributed by atoms with Crippen LogP contribution in [-0.4, -0.2) is 24.3 Å². The Morgan fingerprint density at radius 3 is 2.12 bits per heavy atom. The standard InChI is InChI=1S/C12H24N2O2/c1-8(2)5-6-14-12(16)11(15)10(13)7-9(3)4/h8-10H,5-7,13H2,1-4H3,(H,14,16)/t10-/m1/s1. The van der Waals surface area contributed by atoms with Crippen LogP contribution < -0.4 is 11.1 Å². The Hall–Kier alpha value is -0.900. The van der Waals surface area contributed by atoms with Gasteiger partial charge in [0.15, 0.2) is 0 Å². The van der Waals surface area contributed by atoms with Crippen LogP contribution in [0.3, 0.4) is 0 Å². The fraction of sp³-hybridized carbons (Fsp3) is 0.833. The van der Waals surface area contributed by atoms with Crippen LogP contribution >= 0.6 is 0 Å². The van der Waals surface area contributed by atoms with Gasteiger partial charge < -0.3 is 11.1 Å². The van der Waals surface area contributed by atoms with Crippen LogP contribution in [0.5, 0.6) is 0 Å². The van der Waals surface area contributed by atoms with Crippen molar-refractivity contribution in [3.63, 3.8) is 0 Å². The summed E-state index contributed by atoms with van der Waals surface area (Å²) in [5, 5.41) is 2.60. The van der Waals surface area contributed by atoms with E-state index in [2.05, 4.69) is 19.2 Å². The van der Waals surface area contributed by atoms with Gasteiger partial charge in [-0.25, -0.2) is 0 Å². The molecule has 0 saturated carbocycles. The van der Waals surface area contributed by atoms with Gasteiger partial charge in [-0.3, -0.25) is 9.59 Å². The average molecular weight is 228 g/mol. The monoisotopic (exact) mass is 228 g/mol. The minimum atomic E-state index is -0.668. The zero-order valence-corrected chi connectivity index (χ0v) is 10.7. The van der Waals surface area contributed by atoms with E-state index in [0.717, 1.165) is 6.42 Å². The van der Waals surface area contributed by atoms with Gasteiger partial charge in [0.1, 0.15) is 0 Å². The van der Waals surface area contributed by atoms with Crippen LogP contribution in [0, 0.1) is 11.8 Å². The molecule has 0 unspecified atom stereocenters. The second-order valence-corrected chi connectivity index (χ2v) is 5.04. The highest BCUT2D eigenvalue weighted by atomic mass is 16.2. The first-order valence-corrected chi connectivity index (χ1v) is 5.92. The third-order valence-electron chi connectivity index (χ3n) is 2.29. The lowest BCUT2D eigenvalue weighted by molar-refractivity contribution is -0.138. The first kappa shape index (κ1) is 15.1. The SMILES string of the molecule is CC(C)CCNC(=O)C(=O)[C@H](N)CC(C)C. The summed E-state index contributed by atoms with van der Waals surface area (Å²) in [6.45, 7) is 8.63. The van der Waals surface area contributed by atoms with Gasteiger partial charge in [0, 0.05) is 6.54 Å². The summed E-state index contributed by atoms with van der Waals surface area (Å²) in [6, 6.07) is -0.668. The Bertz CT molecular complexity index is 237. The molecule has 0 radical (unpaired) electrons. The van der Waals surface area contributed by atoms with Gasteiger partial charge in [-0.15, -0.1) is 0 Å². The van der Waals surface area contributed by atoms with E-state index in [9.17, 15) is 9.59 Å². The van der Waals surface area contributed by atoms with Gasteiger partial charge >= 0.3 is 0 Å². The molecule has 0 saturated heterocycles. The molecular formula is C12H24N2O2. The summed E-state index contributed by atoms with van der Waals surface area (Å²) in [6.07, 6.45) is 1.43. The van der Waals surface area contributed by atoms with E-state index in [1.807, 2.05) is 13.8 Å². The quantitative estimate of drug-likeness (QED) is 0.641. The van der Waals surface area contributed by atoms with Gasteiger partial charge in [0.2, 0.25) is 5.78 Å². The van der Waals surface area contributed by atoms with Crippen molar-refractivity contribution < 1.29 is 9.59 Å². The van der Waals surface area contributed by atoms with Gasteiger partial charge in [0.25, 0.3) is 5.91 Å². The van der Waals surface area contributed by atoms with E-state index in [-0.39, 0.29) is 0 Å². The van der Waals surface area contributed by atoms with Crippen molar-refractivity contribution in [3.8, 4) is 0 Å². The third-order valence-corrected chi connectivity index (χ3v) is 2.29. The van der Waals surface area contributed by atoms with Crippen LogP contribution in [0.4, 0.5) is 0 Å². The van der Waals surface area contributed by atoms with Gasteiger partial charge in [-0.1, -0.05) is 27.7 Å². The molecule has 0 fully saturated rings. The highest BCUT2D eigenvalue weighted by Crippen LogP contribution is 2.03. The molecule has 1 atom stereocenters. The maximum atomic E-state index is 11.5. The lowest BCUT2D eigenvalue weighted by Crippen LogP contribution is -2.43. The number of amides is 1. The van der Waals surface area contributed by atoms with Gasteiger partial charge in [0.05, 0.1) is 6.04 Å². The molecule has 0 rings (SSSR count). The maximum absolute atomic E-state index is 11.5. The molecule has 0 aliphatic carbocycles. The highest BCUT2D eigenvalue weighted by molar-refractivity contribution is 6.38. The largest absolute Gasteiger partial charge is 0.349 e. The number of hydrogen-bond acceptors (Lipinski definition) is 3. The topological polar surface area (TPSA) is 72.2 Å². The van der Waals surface area contributed by atoms with Crippen molar-refractivity contribution in [2.24, 2.45) is 17.6 Å². The minimum Gasteiger partial charge on any atom is -0.349 e. The number of rotatable bonds is 7. The number of Topliss-reactive ketones (excluding diaryl/α,β-unsaturated/α-hetero) is 1. The number of carbonyl (C=O) groups is 2. The Labute approximate surface area is 98.0 Å². The molecule has 0 spiro atoms. The molecule has 4 nitrogen and oxygen atoms in total. The summed E-state index contributed by atoms with van der Waals surface area (Å²) in [4.78, 5) is 22.9. The summed E-state index contributed by atoms with van der Waals surface area (Å²) in [5.74, 6) is -0.214. The Morgan fingerprint density at radius 2 is 1.69 bits per heavy atom. The van der Waals surface area contributed by atoms with Crippen LogP contribution in [-0.2, 0) is 9.59 Å². The zero-order valence-electron chi connectivity index (χ0n) is 10.7. The molecule has 0 aromatic rings. The van der Waals surface area contributed by atoms with Crippen molar-refractivity contribution in [2.45, 2.75) is 46.6 Å². The number of carbonyl (C=O) groups excluding carboxylic acids is 2. The predicted octanol–water partition coefficient (Wildman–Crippen LogP) is 1.09. The first-order valence-electron chi connectivity index (χ1n) is 5.92. The summed E-state index contributed by atoms with van der Waals surface area (Å²) >= 11 is 0. The lowest BCUT2D eigenvalue weighted by atomic mass is 10.0. The second kappa shape index (κ2) is 7.39. The van der Waals surface area contributed by atoms with E-state index < -0.39 is 17.7 Å².